The molecule has 3 rings (SSSR count). The standard InChI is InChI=1S/C14H21N3O/c1-9(10-3-4-10)16(2)14(18)13-7-11(15)8-17(13)12-5-6-12/h7-10,12H,3-6,15H2,1-2H3. The second-order valence-electron chi connectivity index (χ2n) is 5.79. The molecule has 98 valence electrons. The molecule has 0 aromatic carbocycles. The summed E-state index contributed by atoms with van der Waals surface area (Å²) in [5.74, 6) is 0.804. The maximum Gasteiger partial charge on any atom is 0.270 e. The molecular weight excluding hydrogens is 226 g/mol. The SMILES string of the molecule is CC(C1CC1)N(C)C(=O)c1cc(N)cn1C1CC1. The number of nitrogens with two attached hydrogens (primary N) is 1. The fraction of sp³-hybridized carbons (Fsp3) is 0.643. The Labute approximate surface area is 108 Å². The van der Waals surface area contributed by atoms with Gasteiger partial charge in [-0.15, -0.1) is 0 Å². The molecule has 4 heteroatoms. The van der Waals surface area contributed by atoms with Crippen LogP contribution >= 0.6 is 0 Å². The van der Waals surface area contributed by atoms with Crippen molar-refractivity contribution in [2.45, 2.75) is 44.7 Å². The van der Waals surface area contributed by atoms with Crippen molar-refractivity contribution in [3.8, 4) is 0 Å². The number of amides is 1. The summed E-state index contributed by atoms with van der Waals surface area (Å²) in [6, 6.07) is 2.64. The summed E-state index contributed by atoms with van der Waals surface area (Å²) in [7, 11) is 1.91. The van der Waals surface area contributed by atoms with E-state index >= 15 is 0 Å². The van der Waals surface area contributed by atoms with Gasteiger partial charge < -0.3 is 15.2 Å². The van der Waals surface area contributed by atoms with Crippen molar-refractivity contribution in [3.05, 3.63) is 18.0 Å². The smallest absolute Gasteiger partial charge is 0.270 e. The van der Waals surface area contributed by atoms with Gasteiger partial charge in [0.15, 0.2) is 0 Å². The van der Waals surface area contributed by atoms with Crippen molar-refractivity contribution in [2.24, 2.45) is 5.92 Å². The molecule has 0 spiro atoms. The lowest BCUT2D eigenvalue weighted by Crippen LogP contribution is -2.37. The molecule has 18 heavy (non-hydrogen) atoms. The molecule has 2 N–H and O–H groups in total. The van der Waals surface area contributed by atoms with Crippen molar-refractivity contribution in [1.29, 1.82) is 0 Å². The Morgan fingerprint density at radius 3 is 2.67 bits per heavy atom. The summed E-state index contributed by atoms with van der Waals surface area (Å²) in [5, 5.41) is 0. The number of nitrogen functional groups attached to an aromatic ring is 1. The van der Waals surface area contributed by atoms with Gasteiger partial charge in [0.2, 0.25) is 0 Å². The predicted octanol–water partition coefficient (Wildman–Crippen LogP) is 2.28. The largest absolute Gasteiger partial charge is 0.397 e. The number of carbonyl (C=O) groups is 1. The van der Waals surface area contributed by atoms with Gasteiger partial charge in [-0.2, -0.15) is 0 Å². The van der Waals surface area contributed by atoms with E-state index in [1.54, 1.807) is 0 Å². The summed E-state index contributed by atoms with van der Waals surface area (Å²) >= 11 is 0. The topological polar surface area (TPSA) is 51.3 Å². The maximum atomic E-state index is 12.5. The molecule has 1 aromatic heterocycles. The van der Waals surface area contributed by atoms with E-state index < -0.39 is 0 Å². The zero-order valence-corrected chi connectivity index (χ0v) is 11.1. The molecular formula is C14H21N3O. The number of anilines is 1. The molecule has 1 heterocycles. The molecule has 2 fully saturated rings. The highest BCUT2D eigenvalue weighted by atomic mass is 16.2. The van der Waals surface area contributed by atoms with Crippen LogP contribution in [0.1, 0.15) is 49.1 Å². The number of rotatable bonds is 4. The Morgan fingerprint density at radius 1 is 1.44 bits per heavy atom. The van der Waals surface area contributed by atoms with E-state index in [9.17, 15) is 4.79 Å². The minimum Gasteiger partial charge on any atom is -0.397 e. The lowest BCUT2D eigenvalue weighted by Gasteiger charge is -2.25. The first-order valence-corrected chi connectivity index (χ1v) is 6.82. The molecule has 1 amide bonds. The van der Waals surface area contributed by atoms with Crippen LogP contribution in [-0.2, 0) is 0 Å². The summed E-state index contributed by atoms with van der Waals surface area (Å²) in [4.78, 5) is 14.4. The van der Waals surface area contributed by atoms with E-state index in [1.807, 2.05) is 24.2 Å². The van der Waals surface area contributed by atoms with E-state index in [-0.39, 0.29) is 5.91 Å². The Balaban J connectivity index is 1.82. The Kier molecular flexibility index (Phi) is 2.61. The Hall–Kier alpha value is -1.45. The van der Waals surface area contributed by atoms with Gasteiger partial charge in [-0.05, 0) is 44.6 Å². The van der Waals surface area contributed by atoms with Crippen LogP contribution in [0.4, 0.5) is 5.69 Å². The second-order valence-corrected chi connectivity index (χ2v) is 5.79. The molecule has 0 radical (unpaired) electrons. The average Bonchev–Trinajstić information content (AvgIpc) is 3.24. The molecule has 1 aromatic rings. The first-order valence-electron chi connectivity index (χ1n) is 6.82. The quantitative estimate of drug-likeness (QED) is 0.887. The molecule has 1 atom stereocenters. The molecule has 0 aliphatic heterocycles. The van der Waals surface area contributed by atoms with E-state index in [1.165, 1.54) is 12.8 Å². The van der Waals surface area contributed by atoms with Crippen molar-refractivity contribution in [1.82, 2.24) is 9.47 Å². The third-order valence-electron chi connectivity index (χ3n) is 4.26. The lowest BCUT2D eigenvalue weighted by molar-refractivity contribution is 0.0716. The van der Waals surface area contributed by atoms with Gasteiger partial charge in [-0.1, -0.05) is 0 Å². The number of nitrogens with zero attached hydrogens (tertiary/aromatic N) is 2. The first-order chi connectivity index (χ1) is 8.58. The zero-order chi connectivity index (χ0) is 12.9. The molecule has 1 unspecified atom stereocenters. The summed E-state index contributed by atoms with van der Waals surface area (Å²) < 4.78 is 2.06. The monoisotopic (exact) mass is 247 g/mol. The van der Waals surface area contributed by atoms with Gasteiger partial charge in [0.05, 0.1) is 5.69 Å². The molecule has 0 bridgehead atoms. The molecule has 0 saturated heterocycles. The van der Waals surface area contributed by atoms with Gasteiger partial charge in [-0.25, -0.2) is 0 Å². The van der Waals surface area contributed by atoms with E-state index in [0.717, 1.165) is 18.5 Å². The number of hydrogen-bond acceptors (Lipinski definition) is 2. The second kappa shape index (κ2) is 4.04. The fourth-order valence-electron chi connectivity index (χ4n) is 2.59. The van der Waals surface area contributed by atoms with Gasteiger partial charge in [-0.3, -0.25) is 4.79 Å². The maximum absolute atomic E-state index is 12.5. The average molecular weight is 247 g/mol. The van der Waals surface area contributed by atoms with Crippen LogP contribution in [0.5, 0.6) is 0 Å². The van der Waals surface area contributed by atoms with Crippen LogP contribution in [0.15, 0.2) is 12.3 Å². The molecule has 2 saturated carbocycles. The molecule has 2 aliphatic rings. The van der Waals surface area contributed by atoms with Crippen LogP contribution in [0.2, 0.25) is 0 Å². The minimum absolute atomic E-state index is 0.109. The van der Waals surface area contributed by atoms with Crippen molar-refractivity contribution >= 4 is 11.6 Å². The third-order valence-corrected chi connectivity index (χ3v) is 4.26. The summed E-state index contributed by atoms with van der Waals surface area (Å²) in [5.41, 5.74) is 7.29. The van der Waals surface area contributed by atoms with Crippen LogP contribution < -0.4 is 5.73 Å². The van der Waals surface area contributed by atoms with Gasteiger partial charge in [0.25, 0.3) is 5.91 Å². The van der Waals surface area contributed by atoms with Gasteiger partial charge in [0, 0.05) is 25.3 Å². The Morgan fingerprint density at radius 2 is 2.11 bits per heavy atom. The Bertz CT molecular complexity index is 471. The third kappa shape index (κ3) is 2.00. The highest BCUT2D eigenvalue weighted by Gasteiger charge is 2.35. The van der Waals surface area contributed by atoms with Crippen molar-refractivity contribution < 1.29 is 4.79 Å². The number of hydrogen-bond donors (Lipinski definition) is 1. The normalized spacial score (nSPS) is 20.8. The first kappa shape index (κ1) is 11.6. The zero-order valence-electron chi connectivity index (χ0n) is 11.1. The number of aromatic nitrogens is 1. The highest BCUT2D eigenvalue weighted by Crippen LogP contribution is 2.38. The van der Waals surface area contributed by atoms with Crippen LogP contribution in [-0.4, -0.2) is 28.5 Å². The van der Waals surface area contributed by atoms with Crippen LogP contribution in [0.3, 0.4) is 0 Å². The van der Waals surface area contributed by atoms with Crippen LogP contribution in [0.25, 0.3) is 0 Å². The fourth-order valence-corrected chi connectivity index (χ4v) is 2.59. The van der Waals surface area contributed by atoms with Crippen LogP contribution in [0, 0.1) is 5.92 Å². The van der Waals surface area contributed by atoms with Gasteiger partial charge in [0.1, 0.15) is 5.69 Å². The van der Waals surface area contributed by atoms with E-state index in [0.29, 0.717) is 23.7 Å². The molecule has 4 nitrogen and oxygen atoms in total. The summed E-state index contributed by atoms with van der Waals surface area (Å²) in [6.07, 6.45) is 6.74. The molecule has 2 aliphatic carbocycles. The van der Waals surface area contributed by atoms with E-state index in [2.05, 4.69) is 11.5 Å². The van der Waals surface area contributed by atoms with Gasteiger partial charge >= 0.3 is 0 Å². The van der Waals surface area contributed by atoms with Crippen molar-refractivity contribution in [3.63, 3.8) is 0 Å². The van der Waals surface area contributed by atoms with Crippen molar-refractivity contribution in [2.75, 3.05) is 12.8 Å². The van der Waals surface area contributed by atoms with E-state index in [4.69, 9.17) is 5.73 Å². The predicted molar refractivity (Wildman–Crippen MR) is 71.4 cm³/mol. The summed E-state index contributed by atoms with van der Waals surface area (Å²) in [6.45, 7) is 2.14. The highest BCUT2D eigenvalue weighted by molar-refractivity contribution is 5.94. The minimum atomic E-state index is 0.109. The lowest BCUT2D eigenvalue weighted by atomic mass is 10.2. The number of carbonyl (C=O) groups excluding carboxylic acids is 1.